The molecule has 0 fully saturated rings. The van der Waals surface area contributed by atoms with Crippen LogP contribution in [-0.4, -0.2) is 29.8 Å². The zero-order valence-electron chi connectivity index (χ0n) is 9.72. The van der Waals surface area contributed by atoms with Gasteiger partial charge in [0.25, 0.3) is 5.91 Å². The van der Waals surface area contributed by atoms with Gasteiger partial charge < -0.3 is 20.0 Å². The Hall–Kier alpha value is -1.53. The lowest BCUT2D eigenvalue weighted by molar-refractivity contribution is 0.0953. The Balaban J connectivity index is 2.52. The van der Waals surface area contributed by atoms with Gasteiger partial charge in [0.05, 0.1) is 0 Å². The lowest BCUT2D eigenvalue weighted by atomic mass is 10.2. The van der Waals surface area contributed by atoms with E-state index in [-0.39, 0.29) is 5.91 Å². The Morgan fingerprint density at radius 3 is 2.53 bits per heavy atom. The summed E-state index contributed by atoms with van der Waals surface area (Å²) in [5, 5.41) is 19.9. The molecule has 0 aliphatic carbocycles. The number of carbonyl (C=O) groups is 1. The molecule has 1 amide bonds. The van der Waals surface area contributed by atoms with Crippen LogP contribution >= 0.6 is 0 Å². The zero-order valence-corrected chi connectivity index (χ0v) is 9.72. The third-order valence-electron chi connectivity index (χ3n) is 2.17. The average Bonchev–Trinajstić information content (AvgIpc) is 2.29. The van der Waals surface area contributed by atoms with Crippen molar-refractivity contribution in [3.8, 4) is 5.75 Å². The van der Waals surface area contributed by atoms with Crippen molar-refractivity contribution in [3.63, 3.8) is 0 Å². The Morgan fingerprint density at radius 2 is 2.00 bits per heavy atom. The van der Waals surface area contributed by atoms with Crippen LogP contribution in [0.4, 0.5) is 0 Å². The third-order valence-corrected chi connectivity index (χ3v) is 2.17. The molecule has 1 rings (SSSR count). The molecule has 5 nitrogen and oxygen atoms in total. The first-order chi connectivity index (χ1) is 8.13. The molecule has 0 aliphatic rings. The fourth-order valence-corrected chi connectivity index (χ4v) is 1.29. The van der Waals surface area contributed by atoms with Gasteiger partial charge in [-0.05, 0) is 30.7 Å². The molecule has 0 atom stereocenters. The SMILES string of the molecule is CCCCNC(=O)c1ccc(OB(O)O)cc1. The summed E-state index contributed by atoms with van der Waals surface area (Å²) in [7, 11) is -1.85. The van der Waals surface area contributed by atoms with E-state index in [0.717, 1.165) is 12.8 Å². The summed E-state index contributed by atoms with van der Waals surface area (Å²) in [5.74, 6) is 0.152. The predicted molar refractivity (Wildman–Crippen MR) is 64.5 cm³/mol. The average molecular weight is 237 g/mol. The molecule has 0 aromatic heterocycles. The van der Waals surface area contributed by atoms with Gasteiger partial charge in [-0.2, -0.15) is 0 Å². The molecule has 3 N–H and O–H groups in total. The van der Waals surface area contributed by atoms with Crippen LogP contribution in [-0.2, 0) is 0 Å². The number of amides is 1. The number of rotatable bonds is 6. The van der Waals surface area contributed by atoms with Gasteiger partial charge in [0.15, 0.2) is 0 Å². The summed E-state index contributed by atoms with van der Waals surface area (Å²) in [4.78, 5) is 11.6. The lowest BCUT2D eigenvalue weighted by Gasteiger charge is -2.06. The maximum Gasteiger partial charge on any atom is 0.707 e. The first-order valence-corrected chi connectivity index (χ1v) is 5.54. The highest BCUT2D eigenvalue weighted by Crippen LogP contribution is 2.12. The van der Waals surface area contributed by atoms with E-state index in [4.69, 9.17) is 10.0 Å². The molecule has 0 aliphatic heterocycles. The minimum Gasteiger partial charge on any atom is -0.512 e. The van der Waals surface area contributed by atoms with Crippen LogP contribution in [0.15, 0.2) is 24.3 Å². The summed E-state index contributed by atoms with van der Waals surface area (Å²) in [6.45, 7) is 2.71. The molecule has 92 valence electrons. The van der Waals surface area contributed by atoms with Gasteiger partial charge in [-0.1, -0.05) is 13.3 Å². The smallest absolute Gasteiger partial charge is 0.512 e. The van der Waals surface area contributed by atoms with E-state index in [2.05, 4.69) is 16.9 Å². The fourth-order valence-electron chi connectivity index (χ4n) is 1.29. The summed E-state index contributed by atoms with van der Waals surface area (Å²) in [6, 6.07) is 6.15. The normalized spacial score (nSPS) is 9.82. The van der Waals surface area contributed by atoms with Gasteiger partial charge in [0, 0.05) is 12.1 Å². The van der Waals surface area contributed by atoms with E-state index in [9.17, 15) is 4.79 Å². The predicted octanol–water partition coefficient (Wildman–Crippen LogP) is 0.565. The molecule has 6 heteroatoms. The van der Waals surface area contributed by atoms with E-state index in [0.29, 0.717) is 17.9 Å². The molecule has 0 bridgehead atoms. The van der Waals surface area contributed by atoms with Crippen molar-refractivity contribution in [1.82, 2.24) is 5.32 Å². The third kappa shape index (κ3) is 4.88. The second-order valence-electron chi connectivity index (χ2n) is 3.58. The molecule has 0 spiro atoms. The fraction of sp³-hybridized carbons (Fsp3) is 0.364. The standard InChI is InChI=1S/C11H16BNO4/c1-2-3-8-13-11(14)9-4-6-10(7-5-9)17-12(15)16/h4-7,15-16H,2-3,8H2,1H3,(H,13,14). The molecule has 1 aromatic rings. The number of unbranched alkanes of at least 4 members (excludes halogenated alkanes) is 1. The van der Waals surface area contributed by atoms with E-state index in [1.54, 1.807) is 12.1 Å². The number of hydrogen-bond acceptors (Lipinski definition) is 4. The highest BCUT2D eigenvalue weighted by molar-refractivity contribution is 6.33. The van der Waals surface area contributed by atoms with E-state index in [1.807, 2.05) is 0 Å². The van der Waals surface area contributed by atoms with Gasteiger partial charge in [-0.15, -0.1) is 0 Å². The van der Waals surface area contributed by atoms with Crippen molar-refractivity contribution in [2.24, 2.45) is 0 Å². The number of benzene rings is 1. The maximum absolute atomic E-state index is 11.6. The topological polar surface area (TPSA) is 78.8 Å². The van der Waals surface area contributed by atoms with Crippen LogP contribution in [0.3, 0.4) is 0 Å². The monoisotopic (exact) mass is 237 g/mol. The van der Waals surface area contributed by atoms with Crippen LogP contribution in [0.25, 0.3) is 0 Å². The van der Waals surface area contributed by atoms with Crippen molar-refractivity contribution in [1.29, 1.82) is 0 Å². The van der Waals surface area contributed by atoms with Crippen molar-refractivity contribution in [2.75, 3.05) is 6.54 Å². The molecule has 0 radical (unpaired) electrons. The molecular weight excluding hydrogens is 221 g/mol. The number of nitrogens with one attached hydrogen (secondary N) is 1. The van der Waals surface area contributed by atoms with Gasteiger partial charge in [0.1, 0.15) is 5.75 Å². The molecule has 17 heavy (non-hydrogen) atoms. The van der Waals surface area contributed by atoms with Gasteiger partial charge in [-0.3, -0.25) is 4.79 Å². The molecular formula is C11H16BNO4. The molecule has 0 heterocycles. The Bertz CT molecular complexity index is 353. The molecule has 0 saturated heterocycles. The van der Waals surface area contributed by atoms with Crippen molar-refractivity contribution in [2.45, 2.75) is 19.8 Å². The first-order valence-electron chi connectivity index (χ1n) is 5.54. The minimum absolute atomic E-state index is 0.144. The van der Waals surface area contributed by atoms with Crippen LogP contribution < -0.4 is 9.97 Å². The highest BCUT2D eigenvalue weighted by atomic mass is 16.6. The van der Waals surface area contributed by atoms with Crippen molar-refractivity contribution in [3.05, 3.63) is 29.8 Å². The van der Waals surface area contributed by atoms with Gasteiger partial charge in [-0.25, -0.2) is 0 Å². The van der Waals surface area contributed by atoms with Crippen LogP contribution in [0.5, 0.6) is 5.75 Å². The summed E-state index contributed by atoms with van der Waals surface area (Å²) >= 11 is 0. The van der Waals surface area contributed by atoms with E-state index >= 15 is 0 Å². The van der Waals surface area contributed by atoms with Crippen LogP contribution in [0.1, 0.15) is 30.1 Å². The number of carbonyl (C=O) groups excluding carboxylic acids is 1. The molecule has 0 unspecified atom stereocenters. The molecule has 1 aromatic carbocycles. The first kappa shape index (κ1) is 13.5. The van der Waals surface area contributed by atoms with E-state index < -0.39 is 7.32 Å². The minimum atomic E-state index is -1.85. The highest BCUT2D eigenvalue weighted by Gasteiger charge is 2.11. The van der Waals surface area contributed by atoms with Gasteiger partial charge >= 0.3 is 7.32 Å². The second-order valence-corrected chi connectivity index (χ2v) is 3.58. The quantitative estimate of drug-likeness (QED) is 0.499. The Labute approximate surface area is 101 Å². The van der Waals surface area contributed by atoms with Crippen LogP contribution in [0, 0.1) is 0 Å². The summed E-state index contributed by atoms with van der Waals surface area (Å²) < 4.78 is 4.63. The lowest BCUT2D eigenvalue weighted by Crippen LogP contribution is -2.24. The van der Waals surface area contributed by atoms with E-state index in [1.165, 1.54) is 12.1 Å². The summed E-state index contributed by atoms with van der Waals surface area (Å²) in [5.41, 5.74) is 0.515. The Morgan fingerprint density at radius 1 is 1.35 bits per heavy atom. The maximum atomic E-state index is 11.6. The van der Waals surface area contributed by atoms with Crippen molar-refractivity contribution >= 4 is 13.2 Å². The van der Waals surface area contributed by atoms with Gasteiger partial charge in [0.2, 0.25) is 0 Å². The number of hydrogen-bond donors (Lipinski definition) is 3. The van der Waals surface area contributed by atoms with Crippen LogP contribution in [0.2, 0.25) is 0 Å². The second kappa shape index (κ2) is 6.93. The van der Waals surface area contributed by atoms with Crippen molar-refractivity contribution < 1.29 is 19.5 Å². The molecule has 0 saturated carbocycles. The Kier molecular flexibility index (Phi) is 5.52. The zero-order chi connectivity index (χ0) is 12.7. The summed E-state index contributed by atoms with van der Waals surface area (Å²) in [6.07, 6.45) is 1.98. The largest absolute Gasteiger partial charge is 0.707 e.